The number of benzene rings is 1. The lowest BCUT2D eigenvalue weighted by Crippen LogP contribution is -2.15. The highest BCUT2D eigenvalue weighted by Gasteiger charge is 2.20. The highest BCUT2D eigenvalue weighted by atomic mass is 15.1. The van der Waals surface area contributed by atoms with Crippen LogP contribution >= 0.6 is 0 Å². The summed E-state index contributed by atoms with van der Waals surface area (Å²) in [6.45, 7) is 1.82. The van der Waals surface area contributed by atoms with E-state index >= 15 is 0 Å². The SMILES string of the molecule is Cn1cncc1Cn1cc(CNC2CC2)c2ccccc21. The summed E-state index contributed by atoms with van der Waals surface area (Å²) in [6, 6.07) is 9.40. The second kappa shape index (κ2) is 5.04. The van der Waals surface area contributed by atoms with E-state index in [1.54, 1.807) is 0 Å². The zero-order valence-electron chi connectivity index (χ0n) is 12.3. The zero-order valence-corrected chi connectivity index (χ0v) is 12.3. The highest BCUT2D eigenvalue weighted by Crippen LogP contribution is 2.24. The first-order valence-electron chi connectivity index (χ1n) is 7.56. The van der Waals surface area contributed by atoms with Crippen molar-refractivity contribution in [3.05, 3.63) is 54.2 Å². The van der Waals surface area contributed by atoms with E-state index in [1.165, 1.54) is 35.0 Å². The Balaban J connectivity index is 1.68. The Bertz CT molecular complexity index is 764. The molecule has 1 aliphatic rings. The van der Waals surface area contributed by atoms with Crippen molar-refractivity contribution < 1.29 is 0 Å². The minimum atomic E-state index is 0.740. The molecule has 1 N–H and O–H groups in total. The van der Waals surface area contributed by atoms with Crippen molar-refractivity contribution in [3.63, 3.8) is 0 Å². The van der Waals surface area contributed by atoms with Gasteiger partial charge in [0.1, 0.15) is 0 Å². The predicted octanol–water partition coefficient (Wildman–Crippen LogP) is 2.68. The van der Waals surface area contributed by atoms with Gasteiger partial charge in [-0.3, -0.25) is 0 Å². The quantitative estimate of drug-likeness (QED) is 0.780. The molecule has 0 aliphatic heterocycles. The fourth-order valence-corrected chi connectivity index (χ4v) is 2.85. The third-order valence-corrected chi connectivity index (χ3v) is 4.28. The molecule has 0 unspecified atom stereocenters. The topological polar surface area (TPSA) is 34.8 Å². The van der Waals surface area contributed by atoms with E-state index in [9.17, 15) is 0 Å². The number of aromatic nitrogens is 3. The minimum absolute atomic E-state index is 0.740. The number of hydrogen-bond donors (Lipinski definition) is 1. The van der Waals surface area contributed by atoms with Crippen LogP contribution in [0.2, 0.25) is 0 Å². The lowest BCUT2D eigenvalue weighted by Gasteiger charge is -2.05. The Morgan fingerprint density at radius 2 is 2.14 bits per heavy atom. The second-order valence-corrected chi connectivity index (χ2v) is 5.95. The van der Waals surface area contributed by atoms with Crippen LogP contribution in [0.1, 0.15) is 24.1 Å². The van der Waals surface area contributed by atoms with Crippen LogP contribution in [-0.2, 0) is 20.1 Å². The molecule has 21 heavy (non-hydrogen) atoms. The molecule has 108 valence electrons. The van der Waals surface area contributed by atoms with Crippen LogP contribution in [0.3, 0.4) is 0 Å². The number of hydrogen-bond acceptors (Lipinski definition) is 2. The molecule has 1 fully saturated rings. The molecule has 1 aliphatic carbocycles. The second-order valence-electron chi connectivity index (χ2n) is 5.95. The Labute approximate surface area is 124 Å². The van der Waals surface area contributed by atoms with Crippen molar-refractivity contribution >= 4 is 10.9 Å². The lowest BCUT2D eigenvalue weighted by molar-refractivity contribution is 0.684. The molecule has 3 aromatic rings. The molecule has 2 aromatic heterocycles. The van der Waals surface area contributed by atoms with Gasteiger partial charge in [-0.15, -0.1) is 0 Å². The Hall–Kier alpha value is -2.07. The maximum absolute atomic E-state index is 4.21. The van der Waals surface area contributed by atoms with Gasteiger partial charge in [0.05, 0.1) is 18.6 Å². The Kier molecular flexibility index (Phi) is 3.04. The molecule has 2 heterocycles. The van der Waals surface area contributed by atoms with E-state index < -0.39 is 0 Å². The summed E-state index contributed by atoms with van der Waals surface area (Å²) in [5.74, 6) is 0. The van der Waals surface area contributed by atoms with Crippen molar-refractivity contribution in [1.29, 1.82) is 0 Å². The number of nitrogens with zero attached hydrogens (tertiary/aromatic N) is 3. The van der Waals surface area contributed by atoms with Gasteiger partial charge in [0, 0.05) is 42.9 Å². The number of rotatable bonds is 5. The summed E-state index contributed by atoms with van der Waals surface area (Å²) in [6.07, 6.45) is 8.74. The van der Waals surface area contributed by atoms with Gasteiger partial charge in [0.2, 0.25) is 0 Å². The highest BCUT2D eigenvalue weighted by molar-refractivity contribution is 5.84. The molecular formula is C17H20N4. The van der Waals surface area contributed by atoms with Crippen LogP contribution in [0.25, 0.3) is 10.9 Å². The third kappa shape index (κ3) is 2.47. The fourth-order valence-electron chi connectivity index (χ4n) is 2.85. The molecule has 0 saturated heterocycles. The lowest BCUT2D eigenvalue weighted by atomic mass is 10.2. The van der Waals surface area contributed by atoms with Crippen LogP contribution in [0.4, 0.5) is 0 Å². The maximum atomic E-state index is 4.21. The van der Waals surface area contributed by atoms with Crippen LogP contribution < -0.4 is 5.32 Å². The minimum Gasteiger partial charge on any atom is -0.341 e. The summed E-state index contributed by atoms with van der Waals surface area (Å²) in [5.41, 5.74) is 3.91. The van der Waals surface area contributed by atoms with Crippen LogP contribution in [0, 0.1) is 0 Å². The summed E-state index contributed by atoms with van der Waals surface area (Å²) < 4.78 is 4.41. The van der Waals surface area contributed by atoms with Gasteiger partial charge >= 0.3 is 0 Å². The average molecular weight is 280 g/mol. The largest absolute Gasteiger partial charge is 0.341 e. The number of nitrogens with one attached hydrogen (secondary N) is 1. The summed E-state index contributed by atoms with van der Waals surface area (Å²) in [4.78, 5) is 4.21. The molecule has 1 aromatic carbocycles. The molecule has 1 saturated carbocycles. The number of aryl methyl sites for hydroxylation is 1. The summed E-state index contributed by atoms with van der Waals surface area (Å²) in [5, 5.41) is 4.97. The molecule has 4 rings (SSSR count). The average Bonchev–Trinajstić information content (AvgIpc) is 3.16. The first kappa shape index (κ1) is 12.7. The monoisotopic (exact) mass is 280 g/mol. The molecule has 0 amide bonds. The van der Waals surface area contributed by atoms with Gasteiger partial charge in [-0.05, 0) is 24.5 Å². The van der Waals surface area contributed by atoms with E-state index in [2.05, 4.69) is 49.9 Å². The van der Waals surface area contributed by atoms with Crippen molar-refractivity contribution in [2.24, 2.45) is 7.05 Å². The van der Waals surface area contributed by atoms with E-state index in [1.807, 2.05) is 19.6 Å². The van der Waals surface area contributed by atoms with E-state index in [4.69, 9.17) is 0 Å². The van der Waals surface area contributed by atoms with Gasteiger partial charge < -0.3 is 14.5 Å². The van der Waals surface area contributed by atoms with E-state index in [0.29, 0.717) is 0 Å². The van der Waals surface area contributed by atoms with E-state index in [-0.39, 0.29) is 0 Å². The number of fused-ring (bicyclic) bond motifs is 1. The van der Waals surface area contributed by atoms with Gasteiger partial charge in [-0.1, -0.05) is 18.2 Å². The van der Waals surface area contributed by atoms with Gasteiger partial charge in [0.15, 0.2) is 0 Å². The van der Waals surface area contributed by atoms with Crippen LogP contribution in [0.5, 0.6) is 0 Å². The van der Waals surface area contributed by atoms with Gasteiger partial charge in [-0.25, -0.2) is 4.98 Å². The molecule has 0 atom stereocenters. The van der Waals surface area contributed by atoms with Crippen molar-refractivity contribution in [2.45, 2.75) is 32.0 Å². The van der Waals surface area contributed by atoms with Crippen molar-refractivity contribution in [2.75, 3.05) is 0 Å². The first-order valence-corrected chi connectivity index (χ1v) is 7.56. The zero-order chi connectivity index (χ0) is 14.2. The normalized spacial score (nSPS) is 14.9. The predicted molar refractivity (Wildman–Crippen MR) is 84.1 cm³/mol. The van der Waals surface area contributed by atoms with Crippen LogP contribution in [-0.4, -0.2) is 20.2 Å². The third-order valence-electron chi connectivity index (χ3n) is 4.28. The number of para-hydroxylation sites is 1. The molecule has 4 nitrogen and oxygen atoms in total. The Morgan fingerprint density at radius 3 is 2.90 bits per heavy atom. The van der Waals surface area contributed by atoms with Crippen LogP contribution in [0.15, 0.2) is 43.0 Å². The molecule has 0 spiro atoms. The summed E-state index contributed by atoms with van der Waals surface area (Å²) >= 11 is 0. The molecule has 0 radical (unpaired) electrons. The number of imidazole rings is 1. The molecular weight excluding hydrogens is 260 g/mol. The van der Waals surface area contributed by atoms with Crippen molar-refractivity contribution in [3.8, 4) is 0 Å². The maximum Gasteiger partial charge on any atom is 0.0946 e. The standard InChI is InChI=1S/C17H20N4/c1-20-12-18-9-15(20)11-21-10-13(8-19-14-6-7-14)16-4-2-3-5-17(16)21/h2-5,9-10,12,14,19H,6-8,11H2,1H3. The first-order chi connectivity index (χ1) is 10.3. The van der Waals surface area contributed by atoms with Crippen molar-refractivity contribution in [1.82, 2.24) is 19.4 Å². The molecule has 4 heteroatoms. The Morgan fingerprint density at radius 1 is 1.29 bits per heavy atom. The fraction of sp³-hybridized carbons (Fsp3) is 0.353. The van der Waals surface area contributed by atoms with E-state index in [0.717, 1.165) is 19.1 Å². The summed E-state index contributed by atoms with van der Waals surface area (Å²) in [7, 11) is 2.05. The van der Waals surface area contributed by atoms with Gasteiger partial charge in [0.25, 0.3) is 0 Å². The molecule has 0 bridgehead atoms. The smallest absolute Gasteiger partial charge is 0.0946 e. The van der Waals surface area contributed by atoms with Gasteiger partial charge in [-0.2, -0.15) is 0 Å².